The van der Waals surface area contributed by atoms with E-state index < -0.39 is 60.7 Å². The second kappa shape index (κ2) is 14.4. The molecule has 0 aliphatic heterocycles. The lowest BCUT2D eigenvalue weighted by atomic mass is 10.8. The predicted octanol–water partition coefficient (Wildman–Crippen LogP) is -1.84. The molecule has 0 heterocycles. The van der Waals surface area contributed by atoms with Crippen LogP contribution in [0.1, 0.15) is 13.8 Å². The third-order valence-corrected chi connectivity index (χ3v) is 11.4. The summed E-state index contributed by atoms with van der Waals surface area (Å²) in [5.74, 6) is 0. The molecule has 0 aromatic heterocycles. The van der Waals surface area contributed by atoms with Gasteiger partial charge >= 0.3 is 0 Å². The molecule has 0 aliphatic rings. The molecule has 0 spiro atoms. The normalized spacial score (nSPS) is 13.7. The molecule has 0 radical (unpaired) electrons. The minimum atomic E-state index is -4.00. The Morgan fingerprint density at radius 3 is 0.771 bits per heavy atom. The largest absolute Gasteiger partial charge is 0.423 e. The summed E-state index contributed by atoms with van der Waals surface area (Å²) in [6.07, 6.45) is 2.18. The van der Waals surface area contributed by atoms with Gasteiger partial charge in [-0.25, -0.2) is 63.4 Å². The van der Waals surface area contributed by atoms with Gasteiger partial charge in [0.15, 0.2) is 0 Å². The molecular weight excluding hydrogens is 601 g/mol. The van der Waals surface area contributed by atoms with Crippen molar-refractivity contribution in [1.29, 1.82) is 0 Å². The molecule has 0 saturated heterocycles. The third kappa shape index (κ3) is 21.3. The Morgan fingerprint density at radius 1 is 0.457 bits per heavy atom. The maximum absolute atomic E-state index is 11.0. The number of nitrogens with zero attached hydrogens (tertiary/aromatic N) is 6. The summed E-state index contributed by atoms with van der Waals surface area (Å²) in [4.78, 5) is 0. The van der Waals surface area contributed by atoms with E-state index in [1.807, 2.05) is 0 Å². The van der Waals surface area contributed by atoms with Gasteiger partial charge in [-0.1, -0.05) is 13.8 Å². The molecule has 0 N–H and O–H groups in total. The van der Waals surface area contributed by atoms with E-state index in [1.54, 1.807) is 13.8 Å². The van der Waals surface area contributed by atoms with E-state index in [9.17, 15) is 50.5 Å². The van der Waals surface area contributed by atoms with Crippen molar-refractivity contribution in [3.63, 3.8) is 0 Å². The van der Waals surface area contributed by atoms with Gasteiger partial charge in [-0.05, 0) is 0 Å². The van der Waals surface area contributed by atoms with Crippen LogP contribution >= 0.6 is 0 Å². The first kappa shape index (κ1) is 39.0. The molecule has 18 nitrogen and oxygen atoms in total. The molecule has 0 unspecified atom stereocenters. The Hall–Kier alpha value is -0.540. The summed E-state index contributed by atoms with van der Waals surface area (Å²) in [6.45, 7) is 3.52. The Morgan fingerprint density at radius 2 is 0.657 bits per heavy atom. The number of hydrogen-bond acceptors (Lipinski definition) is 12. The summed E-state index contributed by atoms with van der Waals surface area (Å²) in [6, 6.07) is 0. The van der Waals surface area contributed by atoms with Gasteiger partial charge in [-0.2, -0.15) is 0 Å². The van der Waals surface area contributed by atoms with E-state index in [0.717, 1.165) is 21.1 Å². The molecule has 0 saturated carbocycles. The van der Waals surface area contributed by atoms with E-state index in [4.69, 9.17) is 0 Å². The van der Waals surface area contributed by atoms with Crippen molar-refractivity contribution in [2.75, 3.05) is 60.0 Å². The smallest absolute Gasteiger partial charge is 0.147 e. The quantitative estimate of drug-likeness (QED) is 0.244. The van der Waals surface area contributed by atoms with Crippen LogP contribution in [0.5, 0.6) is 0 Å². The van der Waals surface area contributed by atoms with E-state index in [-0.39, 0.29) is 13.1 Å². The van der Waals surface area contributed by atoms with Gasteiger partial charge in [-0.3, -0.25) is 0 Å². The van der Waals surface area contributed by atoms with Gasteiger partial charge in [0.25, 0.3) is 0 Å². The van der Waals surface area contributed by atoms with E-state index in [2.05, 4.69) is 12.4 Å². The van der Waals surface area contributed by atoms with Crippen molar-refractivity contribution in [3.05, 3.63) is 12.4 Å². The molecule has 35 heavy (non-hydrogen) atoms. The third-order valence-electron chi connectivity index (χ3n) is 2.83. The van der Waals surface area contributed by atoms with Crippen LogP contribution in [0.4, 0.5) is 0 Å². The van der Waals surface area contributed by atoms with Crippen LogP contribution in [0.15, 0.2) is 0 Å². The Balaban J connectivity index is -0.000000439. The number of rotatable bonds is 11. The standard InChI is InChI=1S/2C4H11N2O4S2.C3H9N2O4S2/c2*1-4-6(2)12(9,10)5-11(3,7)8;1-5(2)11(8,9)4-10(3,6)7/h2*4H2,1-3H3;1-3H3/q3*-1. The van der Waals surface area contributed by atoms with E-state index in [0.29, 0.717) is 10.6 Å². The molecule has 24 heteroatoms. The molecule has 0 aromatic rings. The maximum Gasteiger partial charge on any atom is 0.147 e. The minimum absolute atomic E-state index is 0.182. The fourth-order valence-electron chi connectivity index (χ4n) is 1.02. The van der Waals surface area contributed by atoms with Crippen LogP contribution < -0.4 is 0 Å². The first-order valence-corrected chi connectivity index (χ1v) is 18.4. The topological polar surface area (TPSA) is 257 Å². The average molecular weight is 632 g/mol. The molecule has 0 aromatic carbocycles. The maximum atomic E-state index is 11.0. The molecule has 0 bridgehead atoms. The fraction of sp³-hybridized carbons (Fsp3) is 1.00. The summed E-state index contributed by atoms with van der Waals surface area (Å²) in [5, 5.41) is 0. The highest BCUT2D eigenvalue weighted by Crippen LogP contribution is 2.12. The lowest BCUT2D eigenvalue weighted by Crippen LogP contribution is -2.26. The monoisotopic (exact) mass is 631 g/mol. The Bertz CT molecular complexity index is 1230. The zero-order valence-corrected chi connectivity index (χ0v) is 25.3. The van der Waals surface area contributed by atoms with Crippen LogP contribution in [-0.4, -0.2) is 123 Å². The van der Waals surface area contributed by atoms with Gasteiger partial charge < -0.3 is 12.4 Å². The minimum Gasteiger partial charge on any atom is -0.423 e. The van der Waals surface area contributed by atoms with Gasteiger partial charge in [-0.15, -0.1) is 0 Å². The predicted molar refractivity (Wildman–Crippen MR) is 132 cm³/mol. The van der Waals surface area contributed by atoms with Gasteiger partial charge in [0.05, 0.1) is 30.1 Å². The highest BCUT2D eigenvalue weighted by atomic mass is 32.3. The molecule has 216 valence electrons. The molecule has 0 atom stereocenters. The zero-order valence-electron chi connectivity index (χ0n) is 20.4. The van der Waals surface area contributed by atoms with Crippen molar-refractivity contribution in [2.45, 2.75) is 13.8 Å². The zero-order chi connectivity index (χ0) is 29.3. The van der Waals surface area contributed by atoms with E-state index in [1.165, 1.54) is 28.2 Å². The van der Waals surface area contributed by atoms with Crippen molar-refractivity contribution < 1.29 is 50.5 Å². The molecule has 0 amide bonds. The molecule has 0 aliphatic carbocycles. The number of sulfonamides is 3. The summed E-state index contributed by atoms with van der Waals surface area (Å²) < 4.78 is 138. The summed E-state index contributed by atoms with van der Waals surface area (Å²) in [5.41, 5.74) is 0. The van der Waals surface area contributed by atoms with E-state index >= 15 is 0 Å². The first-order valence-electron chi connectivity index (χ1n) is 8.70. The van der Waals surface area contributed by atoms with Gasteiger partial charge in [0.1, 0.15) is 30.6 Å². The number of hydrogen-bond donors (Lipinski definition) is 0. The van der Waals surface area contributed by atoms with Crippen molar-refractivity contribution in [1.82, 2.24) is 12.9 Å². The molecule has 0 rings (SSSR count). The SMILES string of the molecule is CCN(C)S(=O)(=O)[N-]S(C)(=O)=O.CCN(C)S(=O)(=O)[N-]S(C)(=O)=O.CN(C)S(=O)(=O)[N-]S(C)(=O)=O. The second-order valence-electron chi connectivity index (χ2n) is 6.47. The lowest BCUT2D eigenvalue weighted by molar-refractivity contribution is 0.493. The fourth-order valence-corrected chi connectivity index (χ4v) is 7.22. The molecular formula is C11H31N6O12S6-3. The van der Waals surface area contributed by atoms with Crippen LogP contribution in [0.2, 0.25) is 0 Å². The van der Waals surface area contributed by atoms with Crippen LogP contribution in [0, 0.1) is 0 Å². The summed E-state index contributed by atoms with van der Waals surface area (Å²) in [7, 11) is -18.6. The van der Waals surface area contributed by atoms with Crippen molar-refractivity contribution in [2.24, 2.45) is 0 Å². The van der Waals surface area contributed by atoms with Gasteiger partial charge in [0.2, 0.25) is 0 Å². The van der Waals surface area contributed by atoms with Crippen molar-refractivity contribution in [3.8, 4) is 0 Å². The highest BCUT2D eigenvalue weighted by molar-refractivity contribution is 8.11. The van der Waals surface area contributed by atoms with Crippen LogP contribution in [0.25, 0.3) is 12.4 Å². The van der Waals surface area contributed by atoms with Crippen molar-refractivity contribution >= 4 is 60.7 Å². The Labute approximate surface area is 209 Å². The lowest BCUT2D eigenvalue weighted by Gasteiger charge is -2.24. The van der Waals surface area contributed by atoms with Crippen LogP contribution in [0.3, 0.4) is 0 Å². The van der Waals surface area contributed by atoms with Gasteiger partial charge in [0, 0.05) is 60.0 Å². The summed E-state index contributed by atoms with van der Waals surface area (Å²) >= 11 is 0. The van der Waals surface area contributed by atoms with Crippen LogP contribution in [-0.2, 0) is 60.7 Å². The Kier molecular flexibility index (Phi) is 16.1. The molecule has 0 fully saturated rings. The second-order valence-corrected chi connectivity index (χ2v) is 17.3. The average Bonchev–Trinajstić information content (AvgIpc) is 2.54. The highest BCUT2D eigenvalue weighted by Gasteiger charge is 2.09. The first-order chi connectivity index (χ1) is 15.0.